The summed E-state index contributed by atoms with van der Waals surface area (Å²) in [6, 6.07) is 8.24. The highest BCUT2D eigenvalue weighted by Gasteiger charge is 2.28. The van der Waals surface area contributed by atoms with Crippen molar-refractivity contribution < 1.29 is 19.3 Å². The fraction of sp³-hybridized carbons (Fsp3) is 0.267. The molecule has 2 aromatic rings. The van der Waals surface area contributed by atoms with E-state index in [0.717, 1.165) is 5.56 Å². The van der Waals surface area contributed by atoms with Crippen molar-refractivity contribution >= 4 is 16.5 Å². The number of anilines is 1. The molecule has 0 atom stereocenters. The minimum Gasteiger partial charge on any atom is -0.411 e. The van der Waals surface area contributed by atoms with Crippen molar-refractivity contribution in [3.05, 3.63) is 35.4 Å². The Kier molecular flexibility index (Phi) is 3.73. The van der Waals surface area contributed by atoms with Gasteiger partial charge >= 0.3 is 6.23 Å². The fourth-order valence-electron chi connectivity index (χ4n) is 2.27. The van der Waals surface area contributed by atoms with Crippen LogP contribution < -0.4 is 10.5 Å². The molecule has 6 heteroatoms. The number of fused-ring (bicyclic) bond motifs is 1. The predicted molar refractivity (Wildman–Crippen MR) is 76.1 cm³/mol. The van der Waals surface area contributed by atoms with Gasteiger partial charge in [-0.1, -0.05) is 19.9 Å². The third kappa shape index (κ3) is 3.05. The monoisotopic (exact) mass is 290 g/mol. The summed E-state index contributed by atoms with van der Waals surface area (Å²) in [4.78, 5) is 0. The first kappa shape index (κ1) is 15.0. The van der Waals surface area contributed by atoms with Crippen molar-refractivity contribution in [3.63, 3.8) is 0 Å². The normalized spacial score (nSPS) is 11.7. The van der Waals surface area contributed by atoms with Gasteiger partial charge in [0, 0.05) is 11.1 Å². The minimum atomic E-state index is -3.87. The summed E-state index contributed by atoms with van der Waals surface area (Å²) in [5, 5.41) is 27.9. The van der Waals surface area contributed by atoms with Gasteiger partial charge in [-0.05, 0) is 35.1 Å². The molecule has 0 aromatic heterocycles. The molecule has 0 aliphatic rings. The van der Waals surface area contributed by atoms with E-state index >= 15 is 0 Å². The lowest BCUT2D eigenvalue weighted by molar-refractivity contribution is -0.375. The maximum Gasteiger partial charge on any atom is 0.492 e. The quantitative estimate of drug-likeness (QED) is 0.595. The highest BCUT2D eigenvalue weighted by atomic mass is 19.2. The summed E-state index contributed by atoms with van der Waals surface area (Å²) < 4.78 is 17.6. The Labute approximate surface area is 121 Å². The van der Waals surface area contributed by atoms with Crippen molar-refractivity contribution in [2.45, 2.75) is 26.0 Å². The first-order valence-corrected chi connectivity index (χ1v) is 6.32. The van der Waals surface area contributed by atoms with E-state index in [9.17, 15) is 4.39 Å². The van der Waals surface area contributed by atoms with Gasteiger partial charge in [0.05, 0.1) is 5.56 Å². The van der Waals surface area contributed by atoms with E-state index in [1.54, 1.807) is 18.2 Å². The lowest BCUT2D eigenvalue weighted by atomic mass is 9.93. The number of nitrogen functional groups attached to an aromatic ring is 1. The number of nitrogens with two attached hydrogens (primary N) is 1. The third-order valence-corrected chi connectivity index (χ3v) is 3.10. The fourth-order valence-corrected chi connectivity index (χ4v) is 2.27. The molecule has 0 saturated heterocycles. The average Bonchev–Trinajstić information content (AvgIpc) is 2.36. The maximum absolute atomic E-state index is 13.1. The lowest BCUT2D eigenvalue weighted by Crippen LogP contribution is -2.29. The zero-order valence-electron chi connectivity index (χ0n) is 11.6. The van der Waals surface area contributed by atoms with Gasteiger partial charge < -0.3 is 20.7 Å². The first-order valence-electron chi connectivity index (χ1n) is 6.32. The van der Waals surface area contributed by atoms with Crippen LogP contribution in [0.2, 0.25) is 0 Å². The molecule has 4 N–H and O–H groups in total. The average molecular weight is 290 g/mol. The van der Waals surface area contributed by atoms with Crippen molar-refractivity contribution in [1.29, 1.82) is 5.26 Å². The van der Waals surface area contributed by atoms with Crippen LogP contribution in [-0.2, 0) is 0 Å². The van der Waals surface area contributed by atoms with Gasteiger partial charge in [0.15, 0.2) is 5.75 Å². The van der Waals surface area contributed by atoms with Crippen LogP contribution >= 0.6 is 0 Å². The largest absolute Gasteiger partial charge is 0.492 e. The molecule has 0 unspecified atom stereocenters. The van der Waals surface area contributed by atoms with E-state index in [1.165, 1.54) is 6.07 Å². The number of nitrogens with zero attached hydrogens (tertiary/aromatic N) is 1. The van der Waals surface area contributed by atoms with Crippen LogP contribution in [0.3, 0.4) is 0 Å². The van der Waals surface area contributed by atoms with E-state index in [-0.39, 0.29) is 17.2 Å². The molecule has 2 rings (SSSR count). The molecule has 0 heterocycles. The van der Waals surface area contributed by atoms with Crippen LogP contribution in [0, 0.1) is 11.3 Å². The Bertz CT molecular complexity index is 730. The summed E-state index contributed by atoms with van der Waals surface area (Å²) in [6.07, 6.45) is -3.87. The van der Waals surface area contributed by atoms with Gasteiger partial charge in [-0.3, -0.25) is 0 Å². The molecular weight excluding hydrogens is 275 g/mol. The number of benzene rings is 2. The molecule has 0 radical (unpaired) electrons. The Morgan fingerprint density at radius 3 is 2.52 bits per heavy atom. The van der Waals surface area contributed by atoms with Gasteiger partial charge in [0.2, 0.25) is 0 Å². The minimum absolute atomic E-state index is 0.000651. The third-order valence-electron chi connectivity index (χ3n) is 3.10. The molecule has 21 heavy (non-hydrogen) atoms. The van der Waals surface area contributed by atoms with E-state index < -0.39 is 6.23 Å². The smallest absolute Gasteiger partial charge is 0.411 e. The topological polar surface area (TPSA) is 99.5 Å². The Morgan fingerprint density at radius 2 is 2.00 bits per heavy atom. The van der Waals surface area contributed by atoms with Crippen LogP contribution in [0.15, 0.2) is 24.3 Å². The first-order chi connectivity index (χ1) is 9.73. The van der Waals surface area contributed by atoms with Gasteiger partial charge in [0.1, 0.15) is 6.07 Å². The molecule has 5 nitrogen and oxygen atoms in total. The van der Waals surface area contributed by atoms with Gasteiger partial charge in [-0.25, -0.2) is 0 Å². The summed E-state index contributed by atoms with van der Waals surface area (Å²) in [5.74, 6) is -0.204. The number of aliphatic hydroxyl groups is 2. The number of halogens is 1. The highest BCUT2D eigenvalue weighted by molar-refractivity contribution is 5.95. The second-order valence-corrected chi connectivity index (χ2v) is 5.05. The molecule has 0 fully saturated rings. The maximum atomic E-state index is 13.1. The van der Waals surface area contributed by atoms with Crippen LogP contribution in [0.1, 0.15) is 30.9 Å². The number of nitriles is 1. The van der Waals surface area contributed by atoms with Crippen LogP contribution in [0.4, 0.5) is 10.1 Å². The van der Waals surface area contributed by atoms with Crippen LogP contribution in [-0.4, -0.2) is 16.4 Å². The van der Waals surface area contributed by atoms with Crippen molar-refractivity contribution in [3.8, 4) is 11.8 Å². The number of hydrogen-bond donors (Lipinski definition) is 3. The second-order valence-electron chi connectivity index (χ2n) is 5.05. The van der Waals surface area contributed by atoms with E-state index in [2.05, 4.69) is 4.74 Å². The van der Waals surface area contributed by atoms with Crippen molar-refractivity contribution in [2.75, 3.05) is 5.73 Å². The molecule has 0 bridgehead atoms. The molecule has 2 aromatic carbocycles. The van der Waals surface area contributed by atoms with Crippen LogP contribution in [0.25, 0.3) is 10.8 Å². The number of ether oxygens (including phenoxy) is 1. The van der Waals surface area contributed by atoms with Crippen molar-refractivity contribution in [1.82, 2.24) is 0 Å². The summed E-state index contributed by atoms with van der Waals surface area (Å²) in [7, 11) is 0. The molecule has 0 aliphatic heterocycles. The molecule has 0 amide bonds. The zero-order valence-corrected chi connectivity index (χ0v) is 11.6. The van der Waals surface area contributed by atoms with Gasteiger partial charge in [0.25, 0.3) is 0 Å². The number of alkyl halides is 1. The zero-order chi connectivity index (χ0) is 15.8. The van der Waals surface area contributed by atoms with E-state index in [0.29, 0.717) is 16.5 Å². The van der Waals surface area contributed by atoms with Gasteiger partial charge in [-0.2, -0.15) is 5.26 Å². The van der Waals surface area contributed by atoms with Gasteiger partial charge in [-0.15, -0.1) is 4.39 Å². The molecule has 0 aliphatic carbocycles. The van der Waals surface area contributed by atoms with Crippen molar-refractivity contribution in [2.24, 2.45) is 0 Å². The highest BCUT2D eigenvalue weighted by Crippen LogP contribution is 2.38. The van der Waals surface area contributed by atoms with Crippen LogP contribution in [0.5, 0.6) is 5.75 Å². The predicted octanol–water partition coefficient (Wildman–Crippen LogP) is 2.36. The lowest BCUT2D eigenvalue weighted by Gasteiger charge is -2.19. The summed E-state index contributed by atoms with van der Waals surface area (Å²) in [6.45, 7) is 3.80. The van der Waals surface area contributed by atoms with E-state index in [1.807, 2.05) is 19.9 Å². The second kappa shape index (κ2) is 5.20. The van der Waals surface area contributed by atoms with E-state index in [4.69, 9.17) is 21.2 Å². The Morgan fingerprint density at radius 1 is 1.33 bits per heavy atom. The molecule has 0 saturated carbocycles. The summed E-state index contributed by atoms with van der Waals surface area (Å²) >= 11 is 0. The molecular formula is C15H15FN2O3. The molecule has 0 spiro atoms. The number of hydrogen-bond acceptors (Lipinski definition) is 5. The Hall–Kier alpha value is -2.36. The number of rotatable bonds is 3. The SMILES string of the molecule is CC(C)c1cc(N)cc2ccc(C#N)c(OC(O)(O)F)c12. The Balaban J connectivity index is 2.87. The summed E-state index contributed by atoms with van der Waals surface area (Å²) in [5.41, 5.74) is 7.07. The molecule has 110 valence electrons. The standard InChI is InChI=1S/C15H15FN2O3/c1-8(2)12-6-11(18)5-9-3-4-10(7-17)14(13(9)12)21-15(16,19)20/h3-6,8,19-20H,18H2,1-2H3.